The van der Waals surface area contributed by atoms with E-state index in [-0.39, 0.29) is 24.2 Å². The molecule has 1 fully saturated rings. The van der Waals surface area contributed by atoms with Crippen LogP contribution in [0.3, 0.4) is 0 Å². The summed E-state index contributed by atoms with van der Waals surface area (Å²) >= 11 is 1.25. The van der Waals surface area contributed by atoms with E-state index in [1.807, 2.05) is 6.92 Å². The first-order valence-corrected chi connectivity index (χ1v) is 8.44. The Balaban J connectivity index is 1.84. The molecule has 2 aromatic rings. The Hall–Kier alpha value is -2.28. The molecule has 0 bridgehead atoms. The number of nitrogens with zero attached hydrogens (tertiary/aromatic N) is 2. The molecular formula is C17H17FN2O3S. The van der Waals surface area contributed by atoms with E-state index in [0.717, 1.165) is 5.56 Å². The van der Waals surface area contributed by atoms with E-state index in [1.54, 1.807) is 24.0 Å². The molecule has 0 unspecified atom stereocenters. The fraction of sp³-hybridized carbons (Fsp3) is 0.353. The number of carbonyl (C=O) groups is 2. The van der Waals surface area contributed by atoms with Gasteiger partial charge in [-0.1, -0.05) is 6.92 Å². The van der Waals surface area contributed by atoms with Crippen molar-refractivity contribution >= 4 is 23.2 Å². The minimum absolute atomic E-state index is 0.0729. The predicted octanol–water partition coefficient (Wildman–Crippen LogP) is 3.05. The fourth-order valence-corrected chi connectivity index (χ4v) is 3.95. The standard InChI is InChI=1S/C17H17FN2O3S/c1-9-7-20(8-13(9)17(22)23)16(21)14-10(2)19-15(24-14)11-3-5-12(18)6-4-11/h3-6,9,13H,7-8H2,1-2H3,(H,22,23)/t9-,13-/m1/s1. The molecule has 2 atom stereocenters. The second-order valence-electron chi connectivity index (χ2n) is 6.07. The van der Waals surface area contributed by atoms with E-state index in [1.165, 1.54) is 23.5 Å². The summed E-state index contributed by atoms with van der Waals surface area (Å²) in [4.78, 5) is 30.4. The van der Waals surface area contributed by atoms with Crippen molar-refractivity contribution in [1.82, 2.24) is 9.88 Å². The monoisotopic (exact) mass is 348 g/mol. The lowest BCUT2D eigenvalue weighted by Crippen LogP contribution is -2.29. The van der Waals surface area contributed by atoms with Crippen LogP contribution in [0.15, 0.2) is 24.3 Å². The number of hydrogen-bond donors (Lipinski definition) is 1. The highest BCUT2D eigenvalue weighted by Gasteiger charge is 2.38. The number of likely N-dealkylation sites (tertiary alicyclic amines) is 1. The van der Waals surface area contributed by atoms with E-state index in [4.69, 9.17) is 0 Å². The van der Waals surface area contributed by atoms with Crippen LogP contribution in [-0.4, -0.2) is 40.0 Å². The van der Waals surface area contributed by atoms with E-state index < -0.39 is 11.9 Å². The van der Waals surface area contributed by atoms with Gasteiger partial charge in [-0.15, -0.1) is 11.3 Å². The van der Waals surface area contributed by atoms with Crippen molar-refractivity contribution in [2.24, 2.45) is 11.8 Å². The Morgan fingerprint density at radius 2 is 1.96 bits per heavy atom. The molecule has 1 aromatic heterocycles. The van der Waals surface area contributed by atoms with Crippen molar-refractivity contribution in [2.45, 2.75) is 13.8 Å². The lowest BCUT2D eigenvalue weighted by Gasteiger charge is -2.14. The zero-order chi connectivity index (χ0) is 17.4. The molecule has 1 saturated heterocycles. The molecule has 24 heavy (non-hydrogen) atoms. The predicted molar refractivity (Wildman–Crippen MR) is 88.4 cm³/mol. The molecule has 0 saturated carbocycles. The Morgan fingerprint density at radius 3 is 2.54 bits per heavy atom. The second-order valence-corrected chi connectivity index (χ2v) is 7.07. The van der Waals surface area contributed by atoms with E-state index in [9.17, 15) is 19.1 Å². The van der Waals surface area contributed by atoms with Crippen molar-refractivity contribution in [3.8, 4) is 10.6 Å². The summed E-state index contributed by atoms with van der Waals surface area (Å²) in [6.45, 7) is 4.25. The summed E-state index contributed by atoms with van der Waals surface area (Å²) in [6, 6.07) is 5.96. The van der Waals surface area contributed by atoms with Gasteiger partial charge in [-0.05, 0) is 37.1 Å². The van der Waals surface area contributed by atoms with Crippen LogP contribution in [-0.2, 0) is 4.79 Å². The first-order chi connectivity index (χ1) is 11.4. The van der Waals surface area contributed by atoms with Gasteiger partial charge in [0.15, 0.2) is 0 Å². The third kappa shape index (κ3) is 3.03. The number of aromatic nitrogens is 1. The SMILES string of the molecule is Cc1nc(-c2ccc(F)cc2)sc1C(=O)N1C[C@@H](C)[C@H](C(=O)O)C1. The van der Waals surface area contributed by atoms with Gasteiger partial charge in [0.1, 0.15) is 15.7 Å². The molecule has 5 nitrogen and oxygen atoms in total. The van der Waals surface area contributed by atoms with Gasteiger partial charge in [-0.25, -0.2) is 9.37 Å². The zero-order valence-electron chi connectivity index (χ0n) is 13.3. The van der Waals surface area contributed by atoms with Gasteiger partial charge in [-0.2, -0.15) is 0 Å². The van der Waals surface area contributed by atoms with Crippen molar-refractivity contribution < 1.29 is 19.1 Å². The van der Waals surface area contributed by atoms with Gasteiger partial charge in [-0.3, -0.25) is 9.59 Å². The highest BCUT2D eigenvalue weighted by molar-refractivity contribution is 7.17. The van der Waals surface area contributed by atoms with Gasteiger partial charge in [0.25, 0.3) is 5.91 Å². The first-order valence-electron chi connectivity index (χ1n) is 7.62. The summed E-state index contributed by atoms with van der Waals surface area (Å²) in [5.41, 5.74) is 1.36. The number of benzene rings is 1. The average molecular weight is 348 g/mol. The molecule has 0 radical (unpaired) electrons. The Labute approximate surface area is 142 Å². The number of thiazole rings is 1. The smallest absolute Gasteiger partial charge is 0.308 e. The molecule has 1 amide bonds. The zero-order valence-corrected chi connectivity index (χ0v) is 14.1. The third-order valence-electron chi connectivity index (χ3n) is 4.30. The van der Waals surface area contributed by atoms with Crippen LogP contribution in [0.5, 0.6) is 0 Å². The summed E-state index contributed by atoms with van der Waals surface area (Å²) < 4.78 is 13.0. The Bertz CT molecular complexity index is 788. The number of amides is 1. The molecule has 0 spiro atoms. The first kappa shape index (κ1) is 16.6. The molecule has 126 valence electrons. The maximum absolute atomic E-state index is 13.0. The minimum atomic E-state index is -0.870. The number of halogens is 1. The molecule has 1 aliphatic heterocycles. The molecule has 3 rings (SSSR count). The summed E-state index contributed by atoms with van der Waals surface area (Å²) in [7, 11) is 0. The second kappa shape index (κ2) is 6.32. The molecule has 1 N–H and O–H groups in total. The number of aryl methyl sites for hydroxylation is 1. The molecule has 1 aromatic carbocycles. The maximum Gasteiger partial charge on any atom is 0.308 e. The lowest BCUT2D eigenvalue weighted by atomic mass is 9.99. The molecule has 0 aliphatic carbocycles. The Morgan fingerprint density at radius 1 is 1.29 bits per heavy atom. The number of carboxylic acid groups (broad SMARTS) is 1. The summed E-state index contributed by atoms with van der Waals surface area (Å²) in [5.74, 6) is -1.98. The van der Waals surface area contributed by atoms with Crippen molar-refractivity contribution in [3.05, 3.63) is 40.7 Å². The van der Waals surface area contributed by atoms with Crippen LogP contribution in [0.25, 0.3) is 10.6 Å². The molecule has 2 heterocycles. The van der Waals surface area contributed by atoms with Gasteiger partial charge >= 0.3 is 5.97 Å². The van der Waals surface area contributed by atoms with E-state index in [2.05, 4.69) is 4.98 Å². The normalized spacial score (nSPS) is 20.4. The number of aliphatic carboxylic acids is 1. The van der Waals surface area contributed by atoms with Crippen molar-refractivity contribution in [2.75, 3.05) is 13.1 Å². The van der Waals surface area contributed by atoms with Gasteiger partial charge < -0.3 is 10.0 Å². The fourth-order valence-electron chi connectivity index (χ4n) is 2.91. The number of carbonyl (C=O) groups excluding carboxylic acids is 1. The van der Waals surface area contributed by atoms with E-state index in [0.29, 0.717) is 22.1 Å². The van der Waals surface area contributed by atoms with Crippen molar-refractivity contribution in [3.63, 3.8) is 0 Å². The largest absolute Gasteiger partial charge is 0.481 e. The number of carboxylic acids is 1. The summed E-state index contributed by atoms with van der Waals surface area (Å²) in [5, 5.41) is 9.86. The van der Waals surface area contributed by atoms with Gasteiger partial charge in [0.2, 0.25) is 0 Å². The minimum Gasteiger partial charge on any atom is -0.481 e. The Kier molecular flexibility index (Phi) is 4.36. The highest BCUT2D eigenvalue weighted by atomic mass is 32.1. The quantitative estimate of drug-likeness (QED) is 0.925. The van der Waals surface area contributed by atoms with Crippen LogP contribution in [0.2, 0.25) is 0 Å². The van der Waals surface area contributed by atoms with Gasteiger partial charge in [0.05, 0.1) is 11.6 Å². The molecular weight excluding hydrogens is 331 g/mol. The van der Waals surface area contributed by atoms with Gasteiger partial charge in [0, 0.05) is 18.7 Å². The topological polar surface area (TPSA) is 70.5 Å². The van der Waals surface area contributed by atoms with Crippen LogP contribution in [0.1, 0.15) is 22.3 Å². The number of rotatable bonds is 3. The third-order valence-corrected chi connectivity index (χ3v) is 5.49. The average Bonchev–Trinajstić information content (AvgIpc) is 3.11. The van der Waals surface area contributed by atoms with Crippen LogP contribution < -0.4 is 0 Å². The molecule has 1 aliphatic rings. The van der Waals surface area contributed by atoms with Crippen LogP contribution in [0, 0.1) is 24.6 Å². The lowest BCUT2D eigenvalue weighted by molar-refractivity contribution is -0.142. The van der Waals surface area contributed by atoms with E-state index >= 15 is 0 Å². The maximum atomic E-state index is 13.0. The van der Waals surface area contributed by atoms with Crippen molar-refractivity contribution in [1.29, 1.82) is 0 Å². The highest BCUT2D eigenvalue weighted by Crippen LogP contribution is 2.31. The summed E-state index contributed by atoms with van der Waals surface area (Å²) in [6.07, 6.45) is 0. The van der Waals surface area contributed by atoms with Crippen LogP contribution >= 0.6 is 11.3 Å². The molecule has 7 heteroatoms. The number of hydrogen-bond acceptors (Lipinski definition) is 4. The van der Waals surface area contributed by atoms with Crippen LogP contribution in [0.4, 0.5) is 4.39 Å².